The molecule has 2 aromatic carbocycles. The molecule has 3 rings (SSSR count). The standard InChI is InChI=1S/C19H19ClN4O2/c1-3-26-15-7-4-13(5-8-15)23-19-21-11-10-18(24-19)22-14-6-9-17(25-2)16(20)12-14/h4-12H,3H2,1-2H3,(H2,21,22,23,24). The lowest BCUT2D eigenvalue weighted by Gasteiger charge is -2.10. The fourth-order valence-electron chi connectivity index (χ4n) is 2.31. The van der Waals surface area contributed by atoms with Crippen LogP contribution in [0.1, 0.15) is 6.92 Å². The van der Waals surface area contributed by atoms with Crippen LogP contribution < -0.4 is 20.1 Å². The Labute approximate surface area is 157 Å². The monoisotopic (exact) mass is 370 g/mol. The average Bonchev–Trinajstić information content (AvgIpc) is 2.64. The van der Waals surface area contributed by atoms with Crippen molar-refractivity contribution in [1.29, 1.82) is 0 Å². The second-order valence-electron chi connectivity index (χ2n) is 5.32. The Morgan fingerprint density at radius 1 is 1.00 bits per heavy atom. The summed E-state index contributed by atoms with van der Waals surface area (Å²) in [6, 6.07) is 14.8. The minimum absolute atomic E-state index is 0.485. The summed E-state index contributed by atoms with van der Waals surface area (Å²) < 4.78 is 10.6. The lowest BCUT2D eigenvalue weighted by Crippen LogP contribution is -2.00. The van der Waals surface area contributed by atoms with Crippen molar-refractivity contribution < 1.29 is 9.47 Å². The number of halogens is 1. The van der Waals surface area contributed by atoms with Gasteiger partial charge in [-0.3, -0.25) is 0 Å². The van der Waals surface area contributed by atoms with E-state index in [0.717, 1.165) is 17.1 Å². The number of benzene rings is 2. The predicted molar refractivity (Wildman–Crippen MR) is 104 cm³/mol. The van der Waals surface area contributed by atoms with Crippen LogP contribution in [0, 0.1) is 0 Å². The van der Waals surface area contributed by atoms with Crippen LogP contribution in [-0.2, 0) is 0 Å². The van der Waals surface area contributed by atoms with E-state index in [-0.39, 0.29) is 0 Å². The lowest BCUT2D eigenvalue weighted by atomic mass is 10.3. The Morgan fingerprint density at radius 3 is 2.46 bits per heavy atom. The minimum Gasteiger partial charge on any atom is -0.495 e. The molecule has 26 heavy (non-hydrogen) atoms. The van der Waals surface area contributed by atoms with Gasteiger partial charge in [-0.15, -0.1) is 0 Å². The third kappa shape index (κ3) is 4.55. The third-order valence-corrected chi connectivity index (χ3v) is 3.80. The smallest absolute Gasteiger partial charge is 0.229 e. The molecule has 0 saturated heterocycles. The molecule has 0 saturated carbocycles. The van der Waals surface area contributed by atoms with Crippen molar-refractivity contribution in [1.82, 2.24) is 9.97 Å². The van der Waals surface area contributed by atoms with Gasteiger partial charge in [0.1, 0.15) is 17.3 Å². The highest BCUT2D eigenvalue weighted by molar-refractivity contribution is 6.32. The second-order valence-corrected chi connectivity index (χ2v) is 5.73. The van der Waals surface area contributed by atoms with Gasteiger partial charge in [0.25, 0.3) is 0 Å². The molecule has 0 fully saturated rings. The molecular weight excluding hydrogens is 352 g/mol. The lowest BCUT2D eigenvalue weighted by molar-refractivity contribution is 0.340. The Balaban J connectivity index is 1.70. The number of methoxy groups -OCH3 is 1. The quantitative estimate of drug-likeness (QED) is 0.608. The van der Waals surface area contributed by atoms with E-state index in [1.807, 2.05) is 37.3 Å². The molecule has 0 spiro atoms. The molecule has 2 N–H and O–H groups in total. The van der Waals surface area contributed by atoms with Gasteiger partial charge >= 0.3 is 0 Å². The predicted octanol–water partition coefficient (Wildman–Crippen LogP) is 5.02. The number of rotatable bonds is 7. The highest BCUT2D eigenvalue weighted by Crippen LogP contribution is 2.28. The Kier molecular flexibility index (Phi) is 5.76. The Bertz CT molecular complexity index is 872. The summed E-state index contributed by atoms with van der Waals surface area (Å²) in [6.45, 7) is 2.59. The van der Waals surface area contributed by atoms with Crippen LogP contribution >= 0.6 is 11.6 Å². The Morgan fingerprint density at radius 2 is 1.77 bits per heavy atom. The summed E-state index contributed by atoms with van der Waals surface area (Å²) >= 11 is 6.15. The molecular formula is C19H19ClN4O2. The van der Waals surface area contributed by atoms with Crippen LogP contribution in [0.15, 0.2) is 54.7 Å². The zero-order valence-electron chi connectivity index (χ0n) is 14.5. The SMILES string of the molecule is CCOc1ccc(Nc2nccc(Nc3ccc(OC)c(Cl)c3)n2)cc1. The van der Waals surface area contributed by atoms with Gasteiger partial charge < -0.3 is 20.1 Å². The molecule has 1 heterocycles. The maximum Gasteiger partial charge on any atom is 0.229 e. The van der Waals surface area contributed by atoms with Crippen molar-refractivity contribution in [2.24, 2.45) is 0 Å². The second kappa shape index (κ2) is 8.40. The highest BCUT2D eigenvalue weighted by Gasteiger charge is 2.04. The van der Waals surface area contributed by atoms with Crippen LogP contribution in [0.25, 0.3) is 0 Å². The van der Waals surface area contributed by atoms with Crippen LogP contribution in [0.2, 0.25) is 5.02 Å². The molecule has 0 radical (unpaired) electrons. The summed E-state index contributed by atoms with van der Waals surface area (Å²) in [6.07, 6.45) is 1.68. The topological polar surface area (TPSA) is 68.3 Å². The van der Waals surface area contributed by atoms with Crippen molar-refractivity contribution >= 4 is 34.7 Å². The maximum absolute atomic E-state index is 6.15. The van der Waals surface area contributed by atoms with Gasteiger partial charge in [0.2, 0.25) is 5.95 Å². The molecule has 0 amide bonds. The van der Waals surface area contributed by atoms with E-state index in [1.54, 1.807) is 31.5 Å². The number of aromatic nitrogens is 2. The first-order chi connectivity index (χ1) is 12.7. The molecule has 0 aliphatic rings. The summed E-state index contributed by atoms with van der Waals surface area (Å²) in [7, 11) is 1.58. The average molecular weight is 371 g/mol. The molecule has 0 bridgehead atoms. The molecule has 0 aliphatic heterocycles. The number of hydrogen-bond donors (Lipinski definition) is 2. The number of hydrogen-bond acceptors (Lipinski definition) is 6. The molecule has 7 heteroatoms. The first-order valence-corrected chi connectivity index (χ1v) is 8.49. The number of anilines is 4. The fraction of sp³-hybridized carbons (Fsp3) is 0.158. The van der Waals surface area contributed by atoms with Crippen LogP contribution in [0.4, 0.5) is 23.1 Å². The van der Waals surface area contributed by atoms with Crippen molar-refractivity contribution in [3.8, 4) is 11.5 Å². The van der Waals surface area contributed by atoms with Gasteiger partial charge in [-0.25, -0.2) is 4.98 Å². The normalized spacial score (nSPS) is 10.3. The van der Waals surface area contributed by atoms with Crippen molar-refractivity contribution in [3.63, 3.8) is 0 Å². The molecule has 3 aromatic rings. The zero-order chi connectivity index (χ0) is 18.4. The summed E-state index contributed by atoms with van der Waals surface area (Å²) in [5, 5.41) is 6.89. The maximum atomic E-state index is 6.15. The van der Waals surface area contributed by atoms with Gasteiger partial charge in [-0.2, -0.15) is 4.98 Å². The van der Waals surface area contributed by atoms with Crippen molar-refractivity contribution in [2.45, 2.75) is 6.92 Å². The summed E-state index contributed by atoms with van der Waals surface area (Å²) in [4.78, 5) is 8.70. The first-order valence-electron chi connectivity index (χ1n) is 8.11. The van der Waals surface area contributed by atoms with Gasteiger partial charge in [-0.05, 0) is 55.5 Å². The van der Waals surface area contributed by atoms with E-state index >= 15 is 0 Å². The van der Waals surface area contributed by atoms with E-state index in [9.17, 15) is 0 Å². The number of nitrogens with one attached hydrogen (secondary N) is 2. The number of ether oxygens (including phenoxy) is 2. The van der Waals surface area contributed by atoms with Crippen molar-refractivity contribution in [3.05, 3.63) is 59.8 Å². The fourth-order valence-corrected chi connectivity index (χ4v) is 2.57. The molecule has 1 aromatic heterocycles. The number of nitrogens with zero attached hydrogens (tertiary/aromatic N) is 2. The van der Waals surface area contributed by atoms with Crippen LogP contribution in [-0.4, -0.2) is 23.7 Å². The minimum atomic E-state index is 0.485. The molecule has 0 aliphatic carbocycles. The van der Waals surface area contributed by atoms with E-state index in [2.05, 4.69) is 20.6 Å². The molecule has 0 unspecified atom stereocenters. The van der Waals surface area contributed by atoms with Gasteiger partial charge in [0.05, 0.1) is 18.7 Å². The van der Waals surface area contributed by atoms with Crippen LogP contribution in [0.3, 0.4) is 0 Å². The summed E-state index contributed by atoms with van der Waals surface area (Å²) in [5.41, 5.74) is 1.68. The van der Waals surface area contributed by atoms with Gasteiger partial charge in [0, 0.05) is 17.6 Å². The van der Waals surface area contributed by atoms with E-state index < -0.39 is 0 Å². The molecule has 0 atom stereocenters. The summed E-state index contributed by atoms with van der Waals surface area (Å²) in [5.74, 6) is 2.58. The van der Waals surface area contributed by atoms with E-state index in [0.29, 0.717) is 29.1 Å². The van der Waals surface area contributed by atoms with Crippen molar-refractivity contribution in [2.75, 3.05) is 24.4 Å². The third-order valence-electron chi connectivity index (χ3n) is 3.50. The van der Waals surface area contributed by atoms with Crippen LogP contribution in [0.5, 0.6) is 11.5 Å². The largest absolute Gasteiger partial charge is 0.495 e. The Hall–Kier alpha value is -2.99. The van der Waals surface area contributed by atoms with E-state index in [1.165, 1.54) is 0 Å². The van der Waals surface area contributed by atoms with Gasteiger partial charge in [-0.1, -0.05) is 11.6 Å². The first kappa shape index (κ1) is 17.8. The highest BCUT2D eigenvalue weighted by atomic mass is 35.5. The molecule has 134 valence electrons. The zero-order valence-corrected chi connectivity index (χ0v) is 15.2. The van der Waals surface area contributed by atoms with Gasteiger partial charge in [0.15, 0.2) is 0 Å². The van der Waals surface area contributed by atoms with E-state index in [4.69, 9.17) is 21.1 Å². The molecule has 6 nitrogen and oxygen atoms in total.